The molecule has 1 atom stereocenters. The van der Waals surface area contributed by atoms with Crippen LogP contribution in [0.4, 0.5) is 20.4 Å². The number of nitrogens with zero attached hydrogens (tertiary/aromatic N) is 7. The number of piperidine rings is 1. The van der Waals surface area contributed by atoms with Crippen molar-refractivity contribution < 1.29 is 13.5 Å². The van der Waals surface area contributed by atoms with Crippen LogP contribution in [0.15, 0.2) is 30.6 Å². The zero-order valence-electron chi connectivity index (χ0n) is 17.2. The Balaban J connectivity index is 1.34. The molecule has 2 N–H and O–H groups in total. The molecule has 0 spiro atoms. The zero-order valence-corrected chi connectivity index (χ0v) is 17.2. The number of para-hydroxylation sites is 1. The number of hydrogen-bond donors (Lipinski definition) is 1. The first-order valence-electron chi connectivity index (χ1n) is 10.8. The molecule has 1 aromatic carbocycles. The first-order chi connectivity index (χ1) is 15.6. The van der Waals surface area contributed by atoms with Gasteiger partial charge in [0.05, 0.1) is 17.9 Å². The lowest BCUT2D eigenvalue weighted by molar-refractivity contribution is -0.0489. The first-order valence-corrected chi connectivity index (χ1v) is 10.8. The molecule has 1 saturated carbocycles. The molecule has 32 heavy (non-hydrogen) atoms. The Bertz CT molecular complexity index is 1300. The smallest absolute Gasteiger partial charge is 0.387 e. The van der Waals surface area contributed by atoms with Crippen LogP contribution in [0.5, 0.6) is 5.75 Å². The van der Waals surface area contributed by atoms with Gasteiger partial charge in [-0.15, -0.1) is 5.10 Å². The van der Waals surface area contributed by atoms with E-state index in [1.807, 2.05) is 6.20 Å². The number of alkyl halides is 2. The molecule has 166 valence electrons. The van der Waals surface area contributed by atoms with Gasteiger partial charge in [0.25, 0.3) is 0 Å². The second-order valence-electron chi connectivity index (χ2n) is 8.40. The van der Waals surface area contributed by atoms with E-state index >= 15 is 0 Å². The molecule has 9 nitrogen and oxygen atoms in total. The maximum atomic E-state index is 12.8. The number of nitrogens with two attached hydrogens (primary N) is 1. The van der Waals surface area contributed by atoms with Crippen LogP contribution in [0.25, 0.3) is 16.6 Å². The van der Waals surface area contributed by atoms with Crippen molar-refractivity contribution in [3.05, 3.63) is 36.4 Å². The number of fused-ring (bicyclic) bond motifs is 3. The Kier molecular flexibility index (Phi) is 4.37. The molecule has 1 aliphatic carbocycles. The van der Waals surface area contributed by atoms with Crippen LogP contribution >= 0.6 is 0 Å². The summed E-state index contributed by atoms with van der Waals surface area (Å²) in [4.78, 5) is 11.3. The third-order valence-corrected chi connectivity index (χ3v) is 6.18. The van der Waals surface area contributed by atoms with Crippen LogP contribution in [-0.2, 0) is 0 Å². The lowest BCUT2D eigenvalue weighted by Gasteiger charge is -2.32. The highest BCUT2D eigenvalue weighted by Crippen LogP contribution is 2.36. The van der Waals surface area contributed by atoms with Gasteiger partial charge in [-0.1, -0.05) is 6.07 Å². The third kappa shape index (κ3) is 3.28. The summed E-state index contributed by atoms with van der Waals surface area (Å²) in [6, 6.07) is 5.38. The minimum Gasteiger partial charge on any atom is -0.432 e. The second-order valence-corrected chi connectivity index (χ2v) is 8.40. The topological polar surface area (TPSA) is 99.4 Å². The fourth-order valence-corrected chi connectivity index (χ4v) is 4.46. The van der Waals surface area contributed by atoms with Gasteiger partial charge in [0.15, 0.2) is 17.2 Å². The molecule has 4 aromatic rings. The Morgan fingerprint density at radius 3 is 2.84 bits per heavy atom. The minimum absolute atomic E-state index is 0.0345. The van der Waals surface area contributed by atoms with Gasteiger partial charge in [-0.05, 0) is 37.8 Å². The number of hydrogen-bond acceptors (Lipinski definition) is 7. The minimum atomic E-state index is -2.95. The summed E-state index contributed by atoms with van der Waals surface area (Å²) in [7, 11) is 0. The van der Waals surface area contributed by atoms with E-state index in [2.05, 4.69) is 35.7 Å². The van der Waals surface area contributed by atoms with E-state index in [4.69, 9.17) is 10.7 Å². The predicted molar refractivity (Wildman–Crippen MR) is 114 cm³/mol. The molecule has 0 radical (unpaired) electrons. The van der Waals surface area contributed by atoms with Gasteiger partial charge in [0, 0.05) is 30.6 Å². The van der Waals surface area contributed by atoms with Crippen molar-refractivity contribution in [2.75, 3.05) is 23.7 Å². The van der Waals surface area contributed by atoms with E-state index in [9.17, 15) is 8.78 Å². The van der Waals surface area contributed by atoms with Crippen LogP contribution < -0.4 is 15.4 Å². The maximum Gasteiger partial charge on any atom is 0.387 e. The number of rotatable bonds is 5. The number of benzene rings is 1. The highest BCUT2D eigenvalue weighted by Gasteiger charge is 2.29. The molecular formula is C21H22F2N8O. The molecule has 1 unspecified atom stereocenters. The van der Waals surface area contributed by atoms with Crippen molar-refractivity contribution in [1.29, 1.82) is 0 Å². The Morgan fingerprint density at radius 1 is 1.16 bits per heavy atom. The van der Waals surface area contributed by atoms with Gasteiger partial charge < -0.3 is 15.4 Å². The number of ether oxygens (including phenoxy) is 1. The fraction of sp³-hybridized carbons (Fsp3) is 0.429. The van der Waals surface area contributed by atoms with Crippen molar-refractivity contribution >= 4 is 28.2 Å². The van der Waals surface area contributed by atoms with Crippen molar-refractivity contribution in [1.82, 2.24) is 29.4 Å². The fourth-order valence-electron chi connectivity index (χ4n) is 4.46. The van der Waals surface area contributed by atoms with Crippen LogP contribution in [0.1, 0.15) is 43.5 Å². The number of halogens is 2. The van der Waals surface area contributed by atoms with Crippen LogP contribution in [0.3, 0.4) is 0 Å². The van der Waals surface area contributed by atoms with Crippen molar-refractivity contribution in [2.24, 2.45) is 0 Å². The molecule has 0 bridgehead atoms. The van der Waals surface area contributed by atoms with Crippen molar-refractivity contribution in [2.45, 2.75) is 44.3 Å². The van der Waals surface area contributed by atoms with Crippen LogP contribution in [0, 0.1) is 0 Å². The van der Waals surface area contributed by atoms with E-state index in [1.54, 1.807) is 12.1 Å². The van der Waals surface area contributed by atoms with E-state index in [-0.39, 0.29) is 23.1 Å². The number of aromatic nitrogens is 6. The van der Waals surface area contributed by atoms with E-state index < -0.39 is 6.61 Å². The Hall–Kier alpha value is -3.50. The molecule has 1 saturated heterocycles. The Morgan fingerprint density at radius 2 is 2.03 bits per heavy atom. The number of anilines is 2. The standard InChI is InChI=1S/C21H22F2N8O/c22-20(23)32-16-5-1-4-15-17(16)26-21(24)31-19(15)27-18(28-31)12-3-2-8-29(10-12)14-9-25-30(11-14)13-6-7-13/h1,4-5,9,11-13,20H,2-3,6-8,10H2,(H2,24,26). The molecular weight excluding hydrogens is 418 g/mol. The van der Waals surface area contributed by atoms with Gasteiger partial charge in [0.2, 0.25) is 5.95 Å². The van der Waals surface area contributed by atoms with E-state index in [1.165, 1.54) is 23.4 Å². The SMILES string of the molecule is Nc1nc2c(OC(F)F)cccc2c2nc(C3CCCN(c4cnn(C5CC5)c4)C3)nn12. The normalized spacial score (nSPS) is 19.3. The number of nitrogen functional groups attached to an aromatic ring is 1. The summed E-state index contributed by atoms with van der Waals surface area (Å²) in [5.74, 6) is 0.830. The first kappa shape index (κ1) is 19.2. The average molecular weight is 440 g/mol. The van der Waals surface area contributed by atoms with E-state index in [0.717, 1.165) is 31.6 Å². The predicted octanol–water partition coefficient (Wildman–Crippen LogP) is 3.38. The van der Waals surface area contributed by atoms with Gasteiger partial charge in [0.1, 0.15) is 5.52 Å². The molecule has 11 heteroatoms. The molecule has 3 aromatic heterocycles. The average Bonchev–Trinajstić information content (AvgIpc) is 3.33. The third-order valence-electron chi connectivity index (χ3n) is 6.18. The summed E-state index contributed by atoms with van der Waals surface area (Å²) in [6.07, 6.45) is 8.41. The van der Waals surface area contributed by atoms with Crippen LogP contribution in [-0.4, -0.2) is 49.1 Å². The quantitative estimate of drug-likeness (QED) is 0.508. The molecule has 6 rings (SSSR count). The van der Waals surface area contributed by atoms with Crippen LogP contribution in [0.2, 0.25) is 0 Å². The lowest BCUT2D eigenvalue weighted by Crippen LogP contribution is -2.34. The van der Waals surface area contributed by atoms with Gasteiger partial charge >= 0.3 is 6.61 Å². The molecule has 1 aliphatic heterocycles. The molecule has 2 fully saturated rings. The molecule has 2 aliphatic rings. The van der Waals surface area contributed by atoms with Crippen molar-refractivity contribution in [3.8, 4) is 5.75 Å². The van der Waals surface area contributed by atoms with Crippen molar-refractivity contribution in [3.63, 3.8) is 0 Å². The van der Waals surface area contributed by atoms with Gasteiger partial charge in [-0.2, -0.15) is 18.4 Å². The summed E-state index contributed by atoms with van der Waals surface area (Å²) >= 11 is 0. The summed E-state index contributed by atoms with van der Waals surface area (Å²) in [5, 5.41) is 9.70. The molecule has 0 amide bonds. The largest absolute Gasteiger partial charge is 0.432 e. The summed E-state index contributed by atoms with van der Waals surface area (Å²) in [5.41, 5.74) is 7.95. The molecule has 4 heterocycles. The maximum absolute atomic E-state index is 12.8. The Labute approximate surface area is 181 Å². The van der Waals surface area contributed by atoms with Gasteiger partial charge in [-0.25, -0.2) is 9.97 Å². The van der Waals surface area contributed by atoms with E-state index in [0.29, 0.717) is 22.9 Å². The van der Waals surface area contributed by atoms with Gasteiger partial charge in [-0.3, -0.25) is 4.68 Å². The summed E-state index contributed by atoms with van der Waals surface area (Å²) in [6.45, 7) is -1.22. The highest BCUT2D eigenvalue weighted by atomic mass is 19.3. The highest BCUT2D eigenvalue weighted by molar-refractivity contribution is 5.95. The lowest BCUT2D eigenvalue weighted by atomic mass is 9.97. The monoisotopic (exact) mass is 440 g/mol. The summed E-state index contributed by atoms with van der Waals surface area (Å²) < 4.78 is 33.8. The second kappa shape index (κ2) is 7.28. The zero-order chi connectivity index (χ0) is 21.8.